The Morgan fingerprint density at radius 3 is 1.00 bits per heavy atom. The summed E-state index contributed by atoms with van der Waals surface area (Å²) in [6.45, 7) is 0. The fraction of sp³-hybridized carbons (Fsp3) is 0. The summed E-state index contributed by atoms with van der Waals surface area (Å²) in [5.74, 6) is 0. The third-order valence-electron chi connectivity index (χ3n) is 0. The Labute approximate surface area is 35.7 Å². The first-order valence-corrected chi connectivity index (χ1v) is 0.200. The van der Waals surface area contributed by atoms with Crippen molar-refractivity contribution in [3.63, 3.8) is 0 Å². The van der Waals surface area contributed by atoms with E-state index in [-0.39, 0.29) is 24.3 Å². The number of rotatable bonds is 0. The molecule has 0 aliphatic heterocycles. The van der Waals surface area contributed by atoms with E-state index in [9.17, 15) is 0 Å². The molecule has 0 aromatic heterocycles. The molecule has 3 nitrogen and oxygen atoms in total. The summed E-state index contributed by atoms with van der Waals surface area (Å²) in [6.07, 6.45) is 0. The van der Waals surface area contributed by atoms with Crippen LogP contribution in [-0.4, -0.2) is 34.9 Å². The molecule has 0 aromatic rings. The van der Waals surface area contributed by atoms with Crippen molar-refractivity contribution < 1.29 is 16.0 Å². The minimum absolute atomic E-state index is 0. The van der Waals surface area contributed by atoms with Gasteiger partial charge in [-0.1, -0.05) is 0 Å². The summed E-state index contributed by atoms with van der Waals surface area (Å²) in [6, 6.07) is 0. The van der Waals surface area contributed by atoms with Crippen LogP contribution < -0.4 is 0 Å². The maximum atomic E-state index is 6.00. The van der Waals surface area contributed by atoms with E-state index in [2.05, 4.69) is 0 Å². The summed E-state index contributed by atoms with van der Waals surface area (Å²) < 4.78 is 0. The monoisotopic (exact) mass is 59.0 g/mol. The Morgan fingerprint density at radius 1 is 1.00 bits per heavy atom. The third-order valence-corrected chi connectivity index (χ3v) is 0. The Balaban J connectivity index is -0.00000000500. The molecule has 1 radical (unpaired) electrons. The van der Waals surface area contributed by atoms with Gasteiger partial charge >= 0.3 is 0 Å². The average Bonchev–Trinajstić information content (AvgIpc) is 1.00. The molecule has 0 amide bonds. The Hall–Kier alpha value is 0.477. The van der Waals surface area contributed by atoms with Crippen LogP contribution >= 0.6 is 0 Å². The van der Waals surface area contributed by atoms with Gasteiger partial charge in [-0.3, -0.25) is 10.5 Å². The van der Waals surface area contributed by atoms with Crippen molar-refractivity contribution in [2.45, 2.75) is 0 Å². The summed E-state index contributed by atoms with van der Waals surface area (Å²) in [5, 5.41) is 12.0. The van der Waals surface area contributed by atoms with Crippen LogP contribution in [-0.2, 0) is 0 Å². The number of hydrogen-bond acceptors (Lipinski definition) is 2. The van der Waals surface area contributed by atoms with Crippen LogP contribution in [0.5, 0.6) is 0 Å². The summed E-state index contributed by atoms with van der Waals surface area (Å²) >= 11 is 0. The maximum absolute atomic E-state index is 6.00. The third kappa shape index (κ3) is 23.7. The first-order valence-electron chi connectivity index (χ1n) is 0.200. The molecule has 4 N–H and O–H groups in total. The standard InChI is InChI=1S/Li.H2O2.H2O/c;1-2;/h;1-2H;1H2. The molecule has 0 aliphatic rings. The average molecular weight is 59.0 g/mol. The molecule has 4 heavy (non-hydrogen) atoms. The van der Waals surface area contributed by atoms with Crippen LogP contribution in [0.4, 0.5) is 0 Å². The Bertz CT molecular complexity index is 3.25. The molecule has 23 valence electrons. The van der Waals surface area contributed by atoms with Gasteiger partial charge in [0.05, 0.1) is 0 Å². The van der Waals surface area contributed by atoms with Crippen molar-refractivity contribution in [2.24, 2.45) is 0 Å². The second-order valence-corrected chi connectivity index (χ2v) is 0. The van der Waals surface area contributed by atoms with Gasteiger partial charge in [0.25, 0.3) is 0 Å². The van der Waals surface area contributed by atoms with Crippen molar-refractivity contribution in [1.29, 1.82) is 0 Å². The van der Waals surface area contributed by atoms with Crippen molar-refractivity contribution in [2.75, 3.05) is 0 Å². The van der Waals surface area contributed by atoms with Crippen LogP contribution in [0.25, 0.3) is 0 Å². The zero-order valence-electron chi connectivity index (χ0n) is 2.39. The second kappa shape index (κ2) is 93.6. The maximum Gasteiger partial charge on any atom is 0 e. The molecule has 0 spiro atoms. The van der Waals surface area contributed by atoms with Crippen LogP contribution in [0.3, 0.4) is 0 Å². The minimum Gasteiger partial charge on any atom is -0.412 e. The van der Waals surface area contributed by atoms with Crippen molar-refractivity contribution >= 4 is 18.9 Å². The van der Waals surface area contributed by atoms with E-state index in [1.54, 1.807) is 0 Å². The van der Waals surface area contributed by atoms with Crippen LogP contribution in [0, 0.1) is 0 Å². The predicted molar refractivity (Wildman–Crippen MR) is 14.6 cm³/mol. The molecule has 0 unspecified atom stereocenters. The van der Waals surface area contributed by atoms with E-state index in [0.717, 1.165) is 0 Å². The molecular weight excluding hydrogens is 54.9 g/mol. The Morgan fingerprint density at radius 2 is 1.00 bits per heavy atom. The van der Waals surface area contributed by atoms with Crippen molar-refractivity contribution in [3.8, 4) is 0 Å². The van der Waals surface area contributed by atoms with Crippen LogP contribution in [0.1, 0.15) is 0 Å². The van der Waals surface area contributed by atoms with E-state index < -0.39 is 0 Å². The zero-order chi connectivity index (χ0) is 2.00. The summed E-state index contributed by atoms with van der Waals surface area (Å²) in [7, 11) is 0. The van der Waals surface area contributed by atoms with Crippen molar-refractivity contribution in [1.82, 2.24) is 0 Å². The van der Waals surface area contributed by atoms with E-state index >= 15 is 0 Å². The van der Waals surface area contributed by atoms with E-state index in [1.165, 1.54) is 0 Å². The minimum atomic E-state index is 0. The summed E-state index contributed by atoms with van der Waals surface area (Å²) in [4.78, 5) is 0. The zero-order valence-corrected chi connectivity index (χ0v) is 2.39. The van der Waals surface area contributed by atoms with Gasteiger partial charge in [-0.05, 0) is 0 Å². The molecule has 0 rings (SSSR count). The van der Waals surface area contributed by atoms with Gasteiger partial charge in [0.15, 0.2) is 0 Å². The number of hydrogen-bond donors (Lipinski definition) is 2. The van der Waals surface area contributed by atoms with Gasteiger partial charge in [-0.25, -0.2) is 0 Å². The quantitative estimate of drug-likeness (QED) is 0.209. The van der Waals surface area contributed by atoms with E-state index in [0.29, 0.717) is 0 Å². The van der Waals surface area contributed by atoms with Crippen LogP contribution in [0.15, 0.2) is 0 Å². The van der Waals surface area contributed by atoms with Gasteiger partial charge in [-0.15, -0.1) is 0 Å². The first-order chi connectivity index (χ1) is 1.00. The van der Waals surface area contributed by atoms with E-state index in [4.69, 9.17) is 10.5 Å². The fourth-order valence-corrected chi connectivity index (χ4v) is 0. The SMILES string of the molecule is O.OO.[Li]. The molecule has 0 saturated heterocycles. The molecule has 4 heteroatoms. The van der Waals surface area contributed by atoms with Crippen LogP contribution in [0.2, 0.25) is 0 Å². The normalized spacial score (nSPS) is 1.50. The smallest absolute Gasteiger partial charge is 0 e. The van der Waals surface area contributed by atoms with Gasteiger partial charge in [0.1, 0.15) is 0 Å². The molecule has 0 bridgehead atoms. The van der Waals surface area contributed by atoms with E-state index in [1.807, 2.05) is 0 Å². The van der Waals surface area contributed by atoms with Crippen molar-refractivity contribution in [3.05, 3.63) is 0 Å². The topological polar surface area (TPSA) is 72.0 Å². The molecule has 0 aliphatic carbocycles. The first kappa shape index (κ1) is 24.8. The van der Waals surface area contributed by atoms with Gasteiger partial charge in [-0.2, -0.15) is 0 Å². The fourth-order valence-electron chi connectivity index (χ4n) is 0. The molecule has 0 heterocycles. The Kier molecular flexibility index (Phi) is 581. The van der Waals surface area contributed by atoms with Gasteiger partial charge < -0.3 is 5.48 Å². The van der Waals surface area contributed by atoms with Gasteiger partial charge in [0, 0.05) is 18.9 Å². The molecule has 0 saturated carbocycles. The molecule has 0 fully saturated rings. The van der Waals surface area contributed by atoms with Gasteiger partial charge in [0.2, 0.25) is 0 Å². The summed E-state index contributed by atoms with van der Waals surface area (Å²) in [5.41, 5.74) is 0. The predicted octanol–water partition coefficient (Wildman–Crippen LogP) is -1.19. The molecular formula is H4LiO3. The second-order valence-electron chi connectivity index (χ2n) is 0. The largest absolute Gasteiger partial charge is 0.412 e. The molecule has 0 aromatic carbocycles. The molecule has 0 atom stereocenters.